The highest BCUT2D eigenvalue weighted by molar-refractivity contribution is 5.75. The zero-order chi connectivity index (χ0) is 16.4. The molecular formula is C18H24N2O3. The van der Waals surface area contributed by atoms with Crippen molar-refractivity contribution < 1.29 is 14.3 Å². The summed E-state index contributed by atoms with van der Waals surface area (Å²) >= 11 is 0. The average Bonchev–Trinajstić information content (AvgIpc) is 2.53. The molecule has 0 spiro atoms. The monoisotopic (exact) mass is 316 g/mol. The van der Waals surface area contributed by atoms with E-state index in [4.69, 9.17) is 9.47 Å². The largest absolute Gasteiger partial charge is 0.490 e. The number of nitrogens with zero attached hydrogens (tertiary/aromatic N) is 1. The van der Waals surface area contributed by atoms with E-state index in [9.17, 15) is 4.79 Å². The van der Waals surface area contributed by atoms with Gasteiger partial charge in [-0.2, -0.15) is 0 Å². The molecule has 5 nitrogen and oxygen atoms in total. The molecule has 0 fully saturated rings. The molecule has 124 valence electrons. The van der Waals surface area contributed by atoms with E-state index in [0.29, 0.717) is 19.7 Å². The number of carbonyl (C=O) groups is 1. The van der Waals surface area contributed by atoms with Gasteiger partial charge < -0.3 is 19.7 Å². The molecule has 0 radical (unpaired) electrons. The molecule has 1 amide bonds. The number of ether oxygens (including phenoxy) is 2. The zero-order valence-electron chi connectivity index (χ0n) is 14.0. The van der Waals surface area contributed by atoms with Crippen molar-refractivity contribution in [2.45, 2.75) is 32.8 Å². The number of nitrogens with one attached hydrogen (secondary N) is 1. The first-order valence-electron chi connectivity index (χ1n) is 8.10. The van der Waals surface area contributed by atoms with E-state index in [1.807, 2.05) is 20.8 Å². The SMILES string of the molecule is CC(C)(C)OC(=O)N1CC=C(c2ccc3c(c2)OCCN3)CC1. The lowest BCUT2D eigenvalue weighted by Gasteiger charge is -2.30. The van der Waals surface area contributed by atoms with Crippen LogP contribution in [0, 0.1) is 0 Å². The molecule has 1 aromatic carbocycles. The number of anilines is 1. The summed E-state index contributed by atoms with van der Waals surface area (Å²) in [7, 11) is 0. The maximum Gasteiger partial charge on any atom is 0.410 e. The highest BCUT2D eigenvalue weighted by atomic mass is 16.6. The first-order chi connectivity index (χ1) is 10.9. The molecule has 5 heteroatoms. The number of fused-ring (bicyclic) bond motifs is 1. The van der Waals surface area contributed by atoms with Crippen LogP contribution < -0.4 is 10.1 Å². The Morgan fingerprint density at radius 3 is 2.87 bits per heavy atom. The maximum absolute atomic E-state index is 12.1. The lowest BCUT2D eigenvalue weighted by molar-refractivity contribution is 0.0270. The van der Waals surface area contributed by atoms with Gasteiger partial charge in [0.2, 0.25) is 0 Å². The minimum Gasteiger partial charge on any atom is -0.490 e. The van der Waals surface area contributed by atoms with Crippen LogP contribution in [0.5, 0.6) is 5.75 Å². The Balaban J connectivity index is 1.68. The van der Waals surface area contributed by atoms with Gasteiger partial charge in [0, 0.05) is 19.6 Å². The first-order valence-corrected chi connectivity index (χ1v) is 8.10. The van der Waals surface area contributed by atoms with Crippen LogP contribution in [0.25, 0.3) is 5.57 Å². The van der Waals surface area contributed by atoms with E-state index in [0.717, 1.165) is 30.0 Å². The van der Waals surface area contributed by atoms with Gasteiger partial charge in [-0.25, -0.2) is 4.79 Å². The molecule has 0 saturated heterocycles. The van der Waals surface area contributed by atoms with Gasteiger partial charge in [0.15, 0.2) is 0 Å². The van der Waals surface area contributed by atoms with E-state index < -0.39 is 5.60 Å². The fraction of sp³-hybridized carbons (Fsp3) is 0.500. The van der Waals surface area contributed by atoms with Crippen molar-refractivity contribution in [1.29, 1.82) is 0 Å². The van der Waals surface area contributed by atoms with Gasteiger partial charge in [-0.15, -0.1) is 0 Å². The summed E-state index contributed by atoms with van der Waals surface area (Å²) in [5.41, 5.74) is 3.01. The molecule has 2 aliphatic rings. The van der Waals surface area contributed by atoms with Crippen LogP contribution in [0.3, 0.4) is 0 Å². The molecule has 1 N–H and O–H groups in total. The summed E-state index contributed by atoms with van der Waals surface area (Å²) in [6.07, 6.45) is 2.68. The van der Waals surface area contributed by atoms with E-state index in [1.165, 1.54) is 5.57 Å². The Labute approximate surface area is 137 Å². The Kier molecular flexibility index (Phi) is 4.20. The third-order valence-corrected chi connectivity index (χ3v) is 3.89. The second-order valence-electron chi connectivity index (χ2n) is 6.89. The molecule has 3 rings (SSSR count). The zero-order valence-corrected chi connectivity index (χ0v) is 14.0. The summed E-state index contributed by atoms with van der Waals surface area (Å²) in [6, 6.07) is 6.25. The highest BCUT2D eigenvalue weighted by Gasteiger charge is 2.24. The average molecular weight is 316 g/mol. The van der Waals surface area contributed by atoms with Crippen LogP contribution in [-0.4, -0.2) is 42.8 Å². The minimum absolute atomic E-state index is 0.245. The van der Waals surface area contributed by atoms with Gasteiger partial charge in [-0.05, 0) is 50.5 Å². The Morgan fingerprint density at radius 2 is 2.17 bits per heavy atom. The highest BCUT2D eigenvalue weighted by Crippen LogP contribution is 2.32. The summed E-state index contributed by atoms with van der Waals surface area (Å²) in [5, 5.41) is 3.32. The molecule has 0 bridgehead atoms. The Hall–Kier alpha value is -2.17. The fourth-order valence-electron chi connectivity index (χ4n) is 2.76. The number of rotatable bonds is 1. The summed E-state index contributed by atoms with van der Waals surface area (Å²) in [5.74, 6) is 0.907. The van der Waals surface area contributed by atoms with E-state index in [1.54, 1.807) is 4.90 Å². The standard InChI is InChI=1S/C18H24N2O3/c1-18(2,3)23-17(21)20-9-6-13(7-10-20)14-4-5-15-16(12-14)22-11-8-19-15/h4-6,12,19H,7-11H2,1-3H3. The van der Waals surface area contributed by atoms with Crippen molar-refractivity contribution in [3.05, 3.63) is 29.8 Å². The molecule has 1 aromatic rings. The summed E-state index contributed by atoms with van der Waals surface area (Å²) in [4.78, 5) is 13.8. The van der Waals surface area contributed by atoms with Crippen LogP contribution in [0.4, 0.5) is 10.5 Å². The van der Waals surface area contributed by atoms with E-state index in [2.05, 4.69) is 29.6 Å². The first kappa shape index (κ1) is 15.7. The molecule has 0 aliphatic carbocycles. The van der Waals surface area contributed by atoms with Crippen molar-refractivity contribution in [2.75, 3.05) is 31.6 Å². The van der Waals surface area contributed by atoms with Crippen LogP contribution in [0.15, 0.2) is 24.3 Å². The van der Waals surface area contributed by atoms with Gasteiger partial charge in [0.05, 0.1) is 5.69 Å². The Morgan fingerprint density at radius 1 is 1.35 bits per heavy atom. The lowest BCUT2D eigenvalue weighted by atomic mass is 9.99. The molecule has 0 unspecified atom stereocenters. The van der Waals surface area contributed by atoms with E-state index >= 15 is 0 Å². The predicted octanol–water partition coefficient (Wildman–Crippen LogP) is 3.52. The number of hydrogen-bond donors (Lipinski definition) is 1. The molecule has 23 heavy (non-hydrogen) atoms. The van der Waals surface area contributed by atoms with Crippen LogP contribution >= 0.6 is 0 Å². The van der Waals surface area contributed by atoms with Crippen molar-refractivity contribution >= 4 is 17.4 Å². The third-order valence-electron chi connectivity index (χ3n) is 3.89. The number of hydrogen-bond acceptors (Lipinski definition) is 4. The maximum atomic E-state index is 12.1. The smallest absolute Gasteiger partial charge is 0.410 e. The van der Waals surface area contributed by atoms with Crippen molar-refractivity contribution in [3.8, 4) is 5.75 Å². The molecule has 2 heterocycles. The second-order valence-corrected chi connectivity index (χ2v) is 6.89. The second kappa shape index (κ2) is 6.14. The number of carbonyl (C=O) groups excluding carboxylic acids is 1. The van der Waals surface area contributed by atoms with Crippen molar-refractivity contribution in [2.24, 2.45) is 0 Å². The van der Waals surface area contributed by atoms with Gasteiger partial charge in [-0.3, -0.25) is 0 Å². The molecule has 0 atom stereocenters. The Bertz CT molecular complexity index is 632. The van der Waals surface area contributed by atoms with Gasteiger partial charge in [-0.1, -0.05) is 12.1 Å². The molecule has 2 aliphatic heterocycles. The minimum atomic E-state index is -0.454. The van der Waals surface area contributed by atoms with Gasteiger partial charge in [0.25, 0.3) is 0 Å². The normalized spacial score (nSPS) is 17.5. The van der Waals surface area contributed by atoms with Crippen LogP contribution in [0.2, 0.25) is 0 Å². The molecule has 0 aromatic heterocycles. The van der Waals surface area contributed by atoms with Gasteiger partial charge in [0.1, 0.15) is 18.0 Å². The van der Waals surface area contributed by atoms with Crippen LogP contribution in [0.1, 0.15) is 32.8 Å². The van der Waals surface area contributed by atoms with E-state index in [-0.39, 0.29) is 6.09 Å². The lowest BCUT2D eigenvalue weighted by Crippen LogP contribution is -2.39. The number of benzene rings is 1. The third kappa shape index (κ3) is 3.78. The summed E-state index contributed by atoms with van der Waals surface area (Å²) in [6.45, 7) is 8.46. The predicted molar refractivity (Wildman–Crippen MR) is 90.8 cm³/mol. The summed E-state index contributed by atoms with van der Waals surface area (Å²) < 4.78 is 11.1. The van der Waals surface area contributed by atoms with Crippen molar-refractivity contribution in [3.63, 3.8) is 0 Å². The van der Waals surface area contributed by atoms with Crippen molar-refractivity contribution in [1.82, 2.24) is 4.90 Å². The van der Waals surface area contributed by atoms with Crippen LogP contribution in [-0.2, 0) is 4.74 Å². The topological polar surface area (TPSA) is 50.8 Å². The number of amides is 1. The quantitative estimate of drug-likeness (QED) is 0.861. The van der Waals surface area contributed by atoms with Gasteiger partial charge >= 0.3 is 6.09 Å². The molecule has 0 saturated carbocycles. The fourth-order valence-corrected chi connectivity index (χ4v) is 2.76. The molecular weight excluding hydrogens is 292 g/mol.